The largest absolute Gasteiger partial charge is 0.445 e. The Morgan fingerprint density at radius 3 is 2.90 bits per heavy atom. The van der Waals surface area contributed by atoms with Gasteiger partial charge in [0.05, 0.1) is 24.9 Å². The van der Waals surface area contributed by atoms with E-state index in [2.05, 4.69) is 0 Å². The molecule has 1 unspecified atom stereocenters. The number of carbonyl (C=O) groups excluding carboxylic acids is 1. The Balaban J connectivity index is 1.52. The van der Waals surface area contributed by atoms with Crippen LogP contribution < -0.4 is 0 Å². The highest BCUT2D eigenvalue weighted by atomic mass is 16.6. The summed E-state index contributed by atoms with van der Waals surface area (Å²) < 4.78 is 10.5. The molecule has 1 N–H and O–H groups in total. The number of ether oxygens (including phenoxy) is 2. The van der Waals surface area contributed by atoms with Crippen LogP contribution in [0.3, 0.4) is 0 Å². The van der Waals surface area contributed by atoms with Crippen molar-refractivity contribution in [2.24, 2.45) is 0 Å². The van der Waals surface area contributed by atoms with Crippen molar-refractivity contribution in [3.05, 3.63) is 35.9 Å². The number of amides is 1. The normalized spacial score (nSPS) is 25.7. The predicted octanol–water partition coefficient (Wildman–Crippen LogP) is 1.94. The standard InChI is InChI=1S/C16H21NO4/c18-15(9-13-11-20-13)14-7-4-8-17(14)16(19)21-10-12-5-2-1-3-6-12/h1-3,5-6,13-15,18H,4,7-11H2/t13?,14-,15-/m0/s1. The van der Waals surface area contributed by atoms with Gasteiger partial charge in [-0.1, -0.05) is 30.3 Å². The Morgan fingerprint density at radius 1 is 1.43 bits per heavy atom. The maximum atomic E-state index is 12.2. The maximum absolute atomic E-state index is 12.2. The van der Waals surface area contributed by atoms with E-state index in [4.69, 9.17) is 9.47 Å². The highest BCUT2D eigenvalue weighted by molar-refractivity contribution is 5.68. The molecular weight excluding hydrogens is 270 g/mol. The zero-order valence-corrected chi connectivity index (χ0v) is 12.0. The van der Waals surface area contributed by atoms with E-state index in [1.165, 1.54) is 0 Å². The summed E-state index contributed by atoms with van der Waals surface area (Å²) in [7, 11) is 0. The molecule has 1 aromatic rings. The minimum absolute atomic E-state index is 0.141. The van der Waals surface area contributed by atoms with Crippen molar-refractivity contribution in [2.45, 2.75) is 44.1 Å². The molecule has 1 aromatic carbocycles. The third-order valence-electron chi connectivity index (χ3n) is 4.09. The van der Waals surface area contributed by atoms with Crippen LogP contribution in [-0.2, 0) is 16.1 Å². The molecule has 0 saturated carbocycles. The summed E-state index contributed by atoms with van der Waals surface area (Å²) in [4.78, 5) is 13.9. The van der Waals surface area contributed by atoms with Gasteiger partial charge in [-0.3, -0.25) is 0 Å². The second-order valence-corrected chi connectivity index (χ2v) is 5.70. The molecule has 2 saturated heterocycles. The minimum Gasteiger partial charge on any atom is -0.445 e. The van der Waals surface area contributed by atoms with Crippen LogP contribution in [-0.4, -0.2) is 47.5 Å². The highest BCUT2D eigenvalue weighted by Crippen LogP contribution is 2.26. The van der Waals surface area contributed by atoms with Crippen LogP contribution in [0.1, 0.15) is 24.8 Å². The van der Waals surface area contributed by atoms with Gasteiger partial charge in [0.25, 0.3) is 0 Å². The molecule has 0 aliphatic carbocycles. The molecule has 2 heterocycles. The number of hydrogen-bond donors (Lipinski definition) is 1. The lowest BCUT2D eigenvalue weighted by Gasteiger charge is -2.27. The second-order valence-electron chi connectivity index (χ2n) is 5.70. The number of hydrogen-bond acceptors (Lipinski definition) is 4. The van der Waals surface area contributed by atoms with Crippen molar-refractivity contribution >= 4 is 6.09 Å². The van der Waals surface area contributed by atoms with E-state index in [9.17, 15) is 9.90 Å². The number of epoxide rings is 1. The van der Waals surface area contributed by atoms with Crippen LogP contribution in [0, 0.1) is 0 Å². The molecule has 0 spiro atoms. The fourth-order valence-electron chi connectivity index (χ4n) is 2.85. The smallest absolute Gasteiger partial charge is 0.410 e. The van der Waals surface area contributed by atoms with E-state index in [0.29, 0.717) is 13.0 Å². The maximum Gasteiger partial charge on any atom is 0.410 e. The van der Waals surface area contributed by atoms with Crippen molar-refractivity contribution < 1.29 is 19.4 Å². The molecule has 3 atom stereocenters. The number of benzene rings is 1. The highest BCUT2D eigenvalue weighted by Gasteiger charge is 2.38. The van der Waals surface area contributed by atoms with Gasteiger partial charge in [-0.25, -0.2) is 4.79 Å². The number of aliphatic hydroxyl groups is 1. The van der Waals surface area contributed by atoms with E-state index in [1.54, 1.807) is 4.90 Å². The molecule has 1 amide bonds. The molecule has 0 aromatic heterocycles. The molecule has 0 bridgehead atoms. The average molecular weight is 291 g/mol. The number of likely N-dealkylation sites (tertiary alicyclic amines) is 1. The zero-order valence-electron chi connectivity index (χ0n) is 12.0. The molecule has 2 aliphatic rings. The number of nitrogens with zero attached hydrogens (tertiary/aromatic N) is 1. The summed E-state index contributed by atoms with van der Waals surface area (Å²) in [6.45, 7) is 1.65. The second kappa shape index (κ2) is 6.45. The van der Waals surface area contributed by atoms with E-state index >= 15 is 0 Å². The molecule has 5 nitrogen and oxygen atoms in total. The van der Waals surface area contributed by atoms with Gasteiger partial charge in [0, 0.05) is 13.0 Å². The van der Waals surface area contributed by atoms with Gasteiger partial charge in [0.15, 0.2) is 0 Å². The first-order valence-corrected chi connectivity index (χ1v) is 7.51. The average Bonchev–Trinajstić information content (AvgIpc) is 3.18. The van der Waals surface area contributed by atoms with Gasteiger partial charge >= 0.3 is 6.09 Å². The van der Waals surface area contributed by atoms with Gasteiger partial charge in [0.2, 0.25) is 0 Å². The molecular formula is C16H21NO4. The topological polar surface area (TPSA) is 62.3 Å². The van der Waals surface area contributed by atoms with E-state index < -0.39 is 6.10 Å². The Kier molecular flexibility index (Phi) is 4.41. The lowest BCUT2D eigenvalue weighted by molar-refractivity contribution is 0.0414. The lowest BCUT2D eigenvalue weighted by atomic mass is 10.0. The quantitative estimate of drug-likeness (QED) is 0.842. The fourth-order valence-corrected chi connectivity index (χ4v) is 2.85. The van der Waals surface area contributed by atoms with E-state index in [1.807, 2.05) is 30.3 Å². The Morgan fingerprint density at radius 2 is 2.19 bits per heavy atom. The van der Waals surface area contributed by atoms with Gasteiger partial charge in [-0.2, -0.15) is 0 Å². The SMILES string of the molecule is O=C(OCc1ccccc1)N1CCC[C@H]1[C@@H](O)CC1CO1. The monoisotopic (exact) mass is 291 g/mol. The van der Waals surface area contributed by atoms with Gasteiger partial charge < -0.3 is 19.5 Å². The molecule has 5 heteroatoms. The first-order valence-electron chi connectivity index (χ1n) is 7.51. The van der Waals surface area contributed by atoms with Crippen molar-refractivity contribution in [1.82, 2.24) is 4.90 Å². The van der Waals surface area contributed by atoms with Crippen LogP contribution in [0.15, 0.2) is 30.3 Å². The molecule has 114 valence electrons. The molecule has 0 radical (unpaired) electrons. The van der Waals surface area contributed by atoms with Crippen LogP contribution in [0.2, 0.25) is 0 Å². The fraction of sp³-hybridized carbons (Fsp3) is 0.562. The summed E-state index contributed by atoms with van der Waals surface area (Å²) in [5.41, 5.74) is 0.966. The molecule has 21 heavy (non-hydrogen) atoms. The predicted molar refractivity (Wildman–Crippen MR) is 76.7 cm³/mol. The Bertz CT molecular complexity index is 474. The molecule has 3 rings (SSSR count). The summed E-state index contributed by atoms with van der Waals surface area (Å²) in [5, 5.41) is 10.2. The van der Waals surface area contributed by atoms with Crippen molar-refractivity contribution in [1.29, 1.82) is 0 Å². The van der Waals surface area contributed by atoms with Crippen LogP contribution in [0.5, 0.6) is 0 Å². The van der Waals surface area contributed by atoms with Crippen molar-refractivity contribution in [3.63, 3.8) is 0 Å². The Labute approximate surface area is 124 Å². The van der Waals surface area contributed by atoms with Crippen LogP contribution in [0.4, 0.5) is 4.79 Å². The zero-order chi connectivity index (χ0) is 14.7. The van der Waals surface area contributed by atoms with Crippen LogP contribution in [0.25, 0.3) is 0 Å². The summed E-state index contributed by atoms with van der Waals surface area (Å²) >= 11 is 0. The van der Waals surface area contributed by atoms with Crippen LogP contribution >= 0.6 is 0 Å². The third-order valence-corrected chi connectivity index (χ3v) is 4.09. The number of aliphatic hydroxyl groups excluding tert-OH is 1. The van der Waals surface area contributed by atoms with Gasteiger partial charge in [0.1, 0.15) is 6.61 Å². The summed E-state index contributed by atoms with van der Waals surface area (Å²) in [5.74, 6) is 0. The first kappa shape index (κ1) is 14.4. The number of rotatable bonds is 5. The van der Waals surface area contributed by atoms with Crippen molar-refractivity contribution in [3.8, 4) is 0 Å². The van der Waals surface area contributed by atoms with E-state index in [0.717, 1.165) is 25.0 Å². The summed E-state index contributed by atoms with van der Waals surface area (Å²) in [6.07, 6.45) is 1.65. The molecule has 2 aliphatic heterocycles. The minimum atomic E-state index is -0.524. The van der Waals surface area contributed by atoms with E-state index in [-0.39, 0.29) is 24.8 Å². The third kappa shape index (κ3) is 3.74. The first-order chi connectivity index (χ1) is 10.2. The Hall–Kier alpha value is -1.59. The van der Waals surface area contributed by atoms with Crippen molar-refractivity contribution in [2.75, 3.05) is 13.2 Å². The van der Waals surface area contributed by atoms with Gasteiger partial charge in [-0.15, -0.1) is 0 Å². The molecule has 2 fully saturated rings. The van der Waals surface area contributed by atoms with Gasteiger partial charge in [-0.05, 0) is 18.4 Å². The lowest BCUT2D eigenvalue weighted by Crippen LogP contribution is -2.43. The summed E-state index contributed by atoms with van der Waals surface area (Å²) in [6, 6.07) is 9.47. The number of carbonyl (C=O) groups is 1.